The second-order valence-electron chi connectivity index (χ2n) is 4.17. The molecule has 1 N–H and O–H groups in total. The maximum absolute atomic E-state index is 9.29. The molecular formula is C16H16N2S. The SMILES string of the molecule is CSc1ccccc1NCC(C#N)c1ccccc1. The molecule has 0 spiro atoms. The molecule has 3 heteroatoms. The van der Waals surface area contributed by atoms with Crippen molar-refractivity contribution in [3.63, 3.8) is 0 Å². The third kappa shape index (κ3) is 3.52. The van der Waals surface area contributed by atoms with Crippen molar-refractivity contribution in [1.82, 2.24) is 0 Å². The van der Waals surface area contributed by atoms with E-state index in [0.717, 1.165) is 11.3 Å². The molecule has 0 saturated heterocycles. The number of benzene rings is 2. The second-order valence-corrected chi connectivity index (χ2v) is 5.02. The summed E-state index contributed by atoms with van der Waals surface area (Å²) in [5.41, 5.74) is 2.14. The van der Waals surface area contributed by atoms with Crippen LogP contribution in [0.1, 0.15) is 11.5 Å². The first-order chi connectivity index (χ1) is 9.35. The zero-order valence-corrected chi connectivity index (χ0v) is 11.7. The Morgan fingerprint density at radius 3 is 2.47 bits per heavy atom. The Morgan fingerprint density at radius 1 is 1.11 bits per heavy atom. The van der Waals surface area contributed by atoms with E-state index < -0.39 is 0 Å². The predicted molar refractivity (Wildman–Crippen MR) is 81.5 cm³/mol. The maximum atomic E-state index is 9.29. The molecule has 0 fully saturated rings. The molecule has 0 aliphatic carbocycles. The van der Waals surface area contributed by atoms with Crippen molar-refractivity contribution < 1.29 is 0 Å². The van der Waals surface area contributed by atoms with E-state index in [0.29, 0.717) is 6.54 Å². The first kappa shape index (κ1) is 13.5. The van der Waals surface area contributed by atoms with Crippen molar-refractivity contribution in [2.75, 3.05) is 18.1 Å². The highest BCUT2D eigenvalue weighted by Gasteiger charge is 2.10. The number of para-hydroxylation sites is 1. The first-order valence-electron chi connectivity index (χ1n) is 6.16. The molecule has 0 bridgehead atoms. The summed E-state index contributed by atoms with van der Waals surface area (Å²) < 4.78 is 0. The third-order valence-corrected chi connectivity index (χ3v) is 3.76. The fourth-order valence-corrected chi connectivity index (χ4v) is 2.50. The second kappa shape index (κ2) is 6.86. The van der Waals surface area contributed by atoms with E-state index in [1.165, 1.54) is 4.90 Å². The monoisotopic (exact) mass is 268 g/mol. The van der Waals surface area contributed by atoms with Crippen molar-refractivity contribution in [3.8, 4) is 6.07 Å². The molecule has 0 heterocycles. The largest absolute Gasteiger partial charge is 0.382 e. The Bertz CT molecular complexity index is 560. The third-order valence-electron chi connectivity index (χ3n) is 2.96. The highest BCUT2D eigenvalue weighted by Crippen LogP contribution is 2.25. The smallest absolute Gasteiger partial charge is 0.0885 e. The van der Waals surface area contributed by atoms with Crippen LogP contribution in [0.4, 0.5) is 5.69 Å². The van der Waals surface area contributed by atoms with Gasteiger partial charge in [-0.25, -0.2) is 0 Å². The van der Waals surface area contributed by atoms with Gasteiger partial charge in [-0.1, -0.05) is 42.5 Å². The average Bonchev–Trinajstić information content (AvgIpc) is 2.49. The van der Waals surface area contributed by atoms with Crippen molar-refractivity contribution in [2.45, 2.75) is 10.8 Å². The molecule has 0 aliphatic heterocycles. The van der Waals surface area contributed by atoms with Gasteiger partial charge in [0.25, 0.3) is 0 Å². The van der Waals surface area contributed by atoms with E-state index in [4.69, 9.17) is 0 Å². The lowest BCUT2D eigenvalue weighted by Gasteiger charge is -2.14. The molecule has 0 aliphatic rings. The van der Waals surface area contributed by atoms with E-state index in [-0.39, 0.29) is 5.92 Å². The van der Waals surface area contributed by atoms with Gasteiger partial charge in [-0.05, 0) is 24.0 Å². The lowest BCUT2D eigenvalue weighted by atomic mass is 10.0. The van der Waals surface area contributed by atoms with Gasteiger partial charge in [0.2, 0.25) is 0 Å². The number of nitrogens with one attached hydrogen (secondary N) is 1. The van der Waals surface area contributed by atoms with Gasteiger partial charge >= 0.3 is 0 Å². The van der Waals surface area contributed by atoms with Gasteiger partial charge < -0.3 is 5.32 Å². The quantitative estimate of drug-likeness (QED) is 0.828. The van der Waals surface area contributed by atoms with Crippen LogP contribution in [-0.4, -0.2) is 12.8 Å². The summed E-state index contributed by atoms with van der Waals surface area (Å²) in [6, 6.07) is 20.4. The van der Waals surface area contributed by atoms with Crippen LogP contribution in [0.3, 0.4) is 0 Å². The van der Waals surface area contributed by atoms with Crippen molar-refractivity contribution in [1.29, 1.82) is 5.26 Å². The minimum Gasteiger partial charge on any atom is -0.382 e. The highest BCUT2D eigenvalue weighted by atomic mass is 32.2. The number of nitriles is 1. The van der Waals surface area contributed by atoms with Crippen LogP contribution >= 0.6 is 11.8 Å². The van der Waals surface area contributed by atoms with Gasteiger partial charge in [-0.2, -0.15) is 5.26 Å². The number of hydrogen-bond acceptors (Lipinski definition) is 3. The Kier molecular flexibility index (Phi) is 4.88. The van der Waals surface area contributed by atoms with Crippen molar-refractivity contribution >= 4 is 17.4 Å². The van der Waals surface area contributed by atoms with Gasteiger partial charge in [-0.15, -0.1) is 11.8 Å². The topological polar surface area (TPSA) is 35.8 Å². The molecule has 1 atom stereocenters. The van der Waals surface area contributed by atoms with E-state index in [2.05, 4.69) is 23.7 Å². The molecule has 0 amide bonds. The van der Waals surface area contributed by atoms with Crippen LogP contribution in [0, 0.1) is 11.3 Å². The van der Waals surface area contributed by atoms with Crippen LogP contribution < -0.4 is 5.32 Å². The predicted octanol–water partition coefficient (Wildman–Crippen LogP) is 4.13. The lowest BCUT2D eigenvalue weighted by molar-refractivity contribution is 0.897. The number of anilines is 1. The van der Waals surface area contributed by atoms with Gasteiger partial charge in [0, 0.05) is 17.1 Å². The molecule has 19 heavy (non-hydrogen) atoms. The summed E-state index contributed by atoms with van der Waals surface area (Å²) in [6.07, 6.45) is 2.06. The summed E-state index contributed by atoms with van der Waals surface area (Å²) in [5.74, 6) is -0.129. The summed E-state index contributed by atoms with van der Waals surface area (Å²) >= 11 is 1.71. The minimum absolute atomic E-state index is 0.129. The molecule has 2 rings (SSSR count). The number of rotatable bonds is 5. The fourth-order valence-electron chi connectivity index (χ4n) is 1.93. The summed E-state index contributed by atoms with van der Waals surface area (Å²) in [7, 11) is 0. The Labute approximate surface area is 118 Å². The van der Waals surface area contributed by atoms with Crippen LogP contribution in [-0.2, 0) is 0 Å². The maximum Gasteiger partial charge on any atom is 0.0885 e. The van der Waals surface area contributed by atoms with Crippen LogP contribution in [0.5, 0.6) is 0 Å². The Morgan fingerprint density at radius 2 is 1.79 bits per heavy atom. The van der Waals surface area contributed by atoms with E-state index in [1.54, 1.807) is 11.8 Å². The van der Waals surface area contributed by atoms with Gasteiger partial charge in [0.05, 0.1) is 12.0 Å². The fraction of sp³-hybridized carbons (Fsp3) is 0.188. The molecular weight excluding hydrogens is 252 g/mol. The van der Waals surface area contributed by atoms with Gasteiger partial charge in [0.15, 0.2) is 0 Å². The first-order valence-corrected chi connectivity index (χ1v) is 7.39. The molecule has 0 saturated carbocycles. The van der Waals surface area contributed by atoms with Crippen molar-refractivity contribution in [3.05, 3.63) is 60.2 Å². The highest BCUT2D eigenvalue weighted by molar-refractivity contribution is 7.98. The molecule has 96 valence electrons. The number of hydrogen-bond donors (Lipinski definition) is 1. The zero-order chi connectivity index (χ0) is 13.5. The van der Waals surface area contributed by atoms with Crippen molar-refractivity contribution in [2.24, 2.45) is 0 Å². The summed E-state index contributed by atoms with van der Waals surface area (Å²) in [5, 5.41) is 12.7. The number of nitrogens with zero attached hydrogens (tertiary/aromatic N) is 1. The van der Waals surface area contributed by atoms with Crippen LogP contribution in [0.25, 0.3) is 0 Å². The van der Waals surface area contributed by atoms with Crippen LogP contribution in [0.15, 0.2) is 59.5 Å². The molecule has 2 aromatic rings. The van der Waals surface area contributed by atoms with Gasteiger partial charge in [-0.3, -0.25) is 0 Å². The van der Waals surface area contributed by atoms with E-state index >= 15 is 0 Å². The Hall–Kier alpha value is -1.92. The summed E-state index contributed by atoms with van der Waals surface area (Å²) in [6.45, 7) is 0.623. The molecule has 0 aromatic heterocycles. The molecule has 2 aromatic carbocycles. The standard InChI is InChI=1S/C16H16N2S/c1-19-16-10-6-5-9-15(16)18-12-14(11-17)13-7-3-2-4-8-13/h2-10,14,18H,12H2,1H3. The number of thioether (sulfide) groups is 1. The van der Waals surface area contributed by atoms with E-state index in [9.17, 15) is 5.26 Å². The Balaban J connectivity index is 2.07. The van der Waals surface area contributed by atoms with E-state index in [1.807, 2.05) is 48.5 Å². The molecule has 0 radical (unpaired) electrons. The van der Waals surface area contributed by atoms with Crippen LogP contribution in [0.2, 0.25) is 0 Å². The van der Waals surface area contributed by atoms with Gasteiger partial charge in [0.1, 0.15) is 0 Å². The zero-order valence-electron chi connectivity index (χ0n) is 10.8. The normalized spacial score (nSPS) is 11.6. The molecule has 2 nitrogen and oxygen atoms in total. The lowest BCUT2D eigenvalue weighted by Crippen LogP contribution is -2.11. The summed E-state index contributed by atoms with van der Waals surface area (Å²) in [4.78, 5) is 1.20. The molecule has 1 unspecified atom stereocenters. The average molecular weight is 268 g/mol. The minimum atomic E-state index is -0.129.